The minimum absolute atomic E-state index is 0. The van der Waals surface area contributed by atoms with E-state index in [0.717, 1.165) is 31.9 Å². The van der Waals surface area contributed by atoms with E-state index in [-0.39, 0.29) is 18.3 Å². The number of amides is 1. The monoisotopic (exact) mass is 467 g/mol. The molecule has 1 amide bonds. The zero-order chi connectivity index (χ0) is 18.8. The van der Waals surface area contributed by atoms with Gasteiger partial charge in [-0.2, -0.15) is 0 Å². The van der Waals surface area contributed by atoms with Gasteiger partial charge in [0.1, 0.15) is 0 Å². The molecule has 0 aliphatic rings. The highest BCUT2D eigenvalue weighted by molar-refractivity contribution is 9.10. The van der Waals surface area contributed by atoms with E-state index < -0.39 is 0 Å². The van der Waals surface area contributed by atoms with E-state index in [1.807, 2.05) is 57.4 Å². The summed E-state index contributed by atoms with van der Waals surface area (Å²) in [5.41, 5.74) is 3.92. The normalized spacial score (nSPS) is 10.9. The zero-order valence-corrected chi connectivity index (χ0v) is 19.0. The fourth-order valence-electron chi connectivity index (χ4n) is 2.62. The summed E-state index contributed by atoms with van der Waals surface area (Å²) in [6.45, 7) is 5.46. The number of anilines is 1. The van der Waals surface area contributed by atoms with Crippen LogP contribution < -0.4 is 4.90 Å². The number of halogens is 2. The molecule has 4 nitrogen and oxygen atoms in total. The number of benzene rings is 2. The second-order valence-corrected chi connectivity index (χ2v) is 8.59. The maximum absolute atomic E-state index is 13.2. The summed E-state index contributed by atoms with van der Waals surface area (Å²) in [6.07, 6.45) is 0. The van der Waals surface area contributed by atoms with Crippen LogP contribution in [0.1, 0.15) is 21.5 Å². The maximum Gasteiger partial charge on any atom is 0.260 e. The van der Waals surface area contributed by atoms with Gasteiger partial charge in [-0.25, -0.2) is 4.98 Å². The predicted octanol–water partition coefficient (Wildman–Crippen LogP) is 5.31. The van der Waals surface area contributed by atoms with Crippen molar-refractivity contribution in [1.82, 2.24) is 9.88 Å². The molecule has 0 fully saturated rings. The number of nitrogens with zero attached hydrogens (tertiary/aromatic N) is 3. The van der Waals surface area contributed by atoms with Crippen LogP contribution in [0.2, 0.25) is 0 Å². The lowest BCUT2D eigenvalue weighted by molar-refractivity contribution is 0.0985. The molecule has 0 radical (unpaired) electrons. The third kappa shape index (κ3) is 5.08. The van der Waals surface area contributed by atoms with Gasteiger partial charge in [-0.05, 0) is 69.4 Å². The lowest BCUT2D eigenvalue weighted by Crippen LogP contribution is -2.36. The molecule has 1 aromatic heterocycles. The highest BCUT2D eigenvalue weighted by Crippen LogP contribution is 2.31. The fourth-order valence-corrected chi connectivity index (χ4v) is 4.16. The van der Waals surface area contributed by atoms with Crippen LogP contribution in [0.4, 0.5) is 5.13 Å². The first kappa shape index (κ1) is 21.8. The molecule has 0 aliphatic heterocycles. The summed E-state index contributed by atoms with van der Waals surface area (Å²) >= 11 is 5.05. The number of aryl methyl sites for hydroxylation is 2. The number of carbonyl (C=O) groups is 1. The molecule has 27 heavy (non-hydrogen) atoms. The van der Waals surface area contributed by atoms with Gasteiger partial charge in [0.25, 0.3) is 5.91 Å². The molecule has 3 aromatic rings. The van der Waals surface area contributed by atoms with Crippen molar-refractivity contribution in [3.05, 3.63) is 57.6 Å². The Morgan fingerprint density at radius 2 is 1.81 bits per heavy atom. The summed E-state index contributed by atoms with van der Waals surface area (Å²) in [5.74, 6) is -0.00641. The second-order valence-electron chi connectivity index (χ2n) is 6.67. The molecule has 2 aromatic carbocycles. The molecular formula is C20H23BrClN3OS. The lowest BCUT2D eigenvalue weighted by Gasteiger charge is -2.22. The van der Waals surface area contributed by atoms with Gasteiger partial charge in [0.05, 0.1) is 10.2 Å². The predicted molar refractivity (Wildman–Crippen MR) is 121 cm³/mol. The zero-order valence-electron chi connectivity index (χ0n) is 15.8. The molecule has 0 atom stereocenters. The Bertz CT molecular complexity index is 958. The Morgan fingerprint density at radius 1 is 1.07 bits per heavy atom. The molecule has 0 saturated heterocycles. The Kier molecular flexibility index (Phi) is 7.40. The van der Waals surface area contributed by atoms with Gasteiger partial charge in [0, 0.05) is 23.1 Å². The minimum Gasteiger partial charge on any atom is -0.308 e. The van der Waals surface area contributed by atoms with Crippen LogP contribution >= 0.6 is 39.7 Å². The second kappa shape index (κ2) is 9.15. The topological polar surface area (TPSA) is 36.4 Å². The average molecular weight is 469 g/mol. The Morgan fingerprint density at radius 3 is 2.48 bits per heavy atom. The highest BCUT2D eigenvalue weighted by Gasteiger charge is 2.21. The van der Waals surface area contributed by atoms with Crippen LogP contribution in [-0.2, 0) is 0 Å². The van der Waals surface area contributed by atoms with Crippen LogP contribution in [0.5, 0.6) is 0 Å². The lowest BCUT2D eigenvalue weighted by atomic mass is 10.1. The van der Waals surface area contributed by atoms with Gasteiger partial charge in [-0.3, -0.25) is 9.69 Å². The molecule has 144 valence electrons. The van der Waals surface area contributed by atoms with Crippen molar-refractivity contribution in [2.45, 2.75) is 13.8 Å². The van der Waals surface area contributed by atoms with Gasteiger partial charge >= 0.3 is 0 Å². The largest absolute Gasteiger partial charge is 0.308 e. The summed E-state index contributed by atoms with van der Waals surface area (Å²) in [5, 5.41) is 0.739. The summed E-state index contributed by atoms with van der Waals surface area (Å²) in [4.78, 5) is 21.8. The molecule has 0 bridgehead atoms. The van der Waals surface area contributed by atoms with Gasteiger partial charge in [0.2, 0.25) is 0 Å². The molecular weight excluding hydrogens is 446 g/mol. The molecule has 7 heteroatoms. The van der Waals surface area contributed by atoms with Crippen LogP contribution in [-0.4, -0.2) is 43.0 Å². The fraction of sp³-hybridized carbons (Fsp3) is 0.300. The van der Waals surface area contributed by atoms with Crippen molar-refractivity contribution in [3.8, 4) is 0 Å². The number of rotatable bonds is 5. The van der Waals surface area contributed by atoms with Crippen LogP contribution in [0, 0.1) is 13.8 Å². The Labute approximate surface area is 178 Å². The maximum atomic E-state index is 13.2. The van der Waals surface area contributed by atoms with Crippen molar-refractivity contribution >= 4 is 60.9 Å². The smallest absolute Gasteiger partial charge is 0.260 e. The number of thiazole rings is 1. The van der Waals surface area contributed by atoms with E-state index in [0.29, 0.717) is 12.1 Å². The van der Waals surface area contributed by atoms with Crippen molar-refractivity contribution < 1.29 is 4.79 Å². The quantitative estimate of drug-likeness (QED) is 0.509. The third-order valence-corrected chi connectivity index (χ3v) is 5.87. The number of fused-ring (bicyclic) bond motifs is 1. The van der Waals surface area contributed by atoms with E-state index in [2.05, 4.69) is 27.8 Å². The third-order valence-electron chi connectivity index (χ3n) is 4.34. The van der Waals surface area contributed by atoms with Crippen molar-refractivity contribution in [3.63, 3.8) is 0 Å². The van der Waals surface area contributed by atoms with E-state index in [1.54, 1.807) is 16.2 Å². The summed E-state index contributed by atoms with van der Waals surface area (Å²) < 4.78 is 2.08. The molecule has 0 spiro atoms. The average Bonchev–Trinajstić information content (AvgIpc) is 2.99. The molecule has 0 aliphatic carbocycles. The molecule has 3 rings (SSSR count). The summed E-state index contributed by atoms with van der Waals surface area (Å²) in [7, 11) is 4.02. The summed E-state index contributed by atoms with van der Waals surface area (Å²) in [6, 6.07) is 11.9. The van der Waals surface area contributed by atoms with Crippen molar-refractivity contribution in [1.29, 1.82) is 0 Å². The SMILES string of the molecule is Cc1ccc(C(=O)N(CCN(C)C)c2nc3ccc(Br)cc3s2)cc1C.Cl. The van der Waals surface area contributed by atoms with Crippen LogP contribution in [0.3, 0.4) is 0 Å². The number of hydrogen-bond donors (Lipinski definition) is 0. The van der Waals surface area contributed by atoms with Gasteiger partial charge in [0.15, 0.2) is 5.13 Å². The van der Waals surface area contributed by atoms with Gasteiger partial charge in [-0.15, -0.1) is 12.4 Å². The molecule has 0 N–H and O–H groups in total. The first-order valence-corrected chi connectivity index (χ1v) is 10.1. The Balaban J connectivity index is 0.00000261. The first-order chi connectivity index (χ1) is 12.3. The van der Waals surface area contributed by atoms with Crippen LogP contribution in [0.25, 0.3) is 10.2 Å². The number of aromatic nitrogens is 1. The van der Waals surface area contributed by atoms with Crippen molar-refractivity contribution in [2.24, 2.45) is 0 Å². The van der Waals surface area contributed by atoms with E-state index in [4.69, 9.17) is 4.98 Å². The molecule has 0 unspecified atom stereocenters. The Hall–Kier alpha value is -1.47. The minimum atomic E-state index is -0.00641. The number of likely N-dealkylation sites (N-methyl/N-ethyl adjacent to an activating group) is 1. The molecule has 1 heterocycles. The highest BCUT2D eigenvalue weighted by atomic mass is 79.9. The van der Waals surface area contributed by atoms with Crippen molar-refractivity contribution in [2.75, 3.05) is 32.1 Å². The van der Waals surface area contributed by atoms with E-state index >= 15 is 0 Å². The first-order valence-electron chi connectivity index (χ1n) is 8.45. The van der Waals surface area contributed by atoms with E-state index in [1.165, 1.54) is 5.56 Å². The van der Waals surface area contributed by atoms with E-state index in [9.17, 15) is 4.79 Å². The number of hydrogen-bond acceptors (Lipinski definition) is 4. The van der Waals surface area contributed by atoms with Gasteiger partial charge in [-0.1, -0.05) is 33.3 Å². The number of carbonyl (C=O) groups excluding carboxylic acids is 1. The standard InChI is InChI=1S/C20H22BrN3OS.ClH/c1-13-5-6-15(11-14(13)2)19(25)24(10-9-23(3)4)20-22-17-8-7-16(21)12-18(17)26-20;/h5-8,11-12H,9-10H2,1-4H3;1H. The van der Waals surface area contributed by atoms with Crippen LogP contribution in [0.15, 0.2) is 40.9 Å². The molecule has 0 saturated carbocycles. The van der Waals surface area contributed by atoms with Gasteiger partial charge < -0.3 is 4.90 Å².